The van der Waals surface area contributed by atoms with E-state index in [9.17, 15) is 0 Å². The van der Waals surface area contributed by atoms with Crippen LogP contribution in [0.2, 0.25) is 0 Å². The molecule has 0 aromatic carbocycles. The molecule has 0 amide bonds. The van der Waals surface area contributed by atoms with Gasteiger partial charge in [-0.2, -0.15) is 11.8 Å². The molecule has 2 saturated heterocycles. The van der Waals surface area contributed by atoms with E-state index in [1.807, 2.05) is 0 Å². The summed E-state index contributed by atoms with van der Waals surface area (Å²) in [7, 11) is 0. The third-order valence-electron chi connectivity index (χ3n) is 3.57. The number of nitrogens with one attached hydrogen (secondary N) is 2. The van der Waals surface area contributed by atoms with Gasteiger partial charge in [0, 0.05) is 23.4 Å². The Kier molecular flexibility index (Phi) is 3.74. The Labute approximate surface area is 91.6 Å². The maximum atomic E-state index is 3.83. The number of hydrogen-bond acceptors (Lipinski definition) is 3. The first-order valence-electron chi connectivity index (χ1n) is 5.88. The van der Waals surface area contributed by atoms with Gasteiger partial charge in [-0.3, -0.25) is 0 Å². The summed E-state index contributed by atoms with van der Waals surface area (Å²) < 4.78 is 0. The molecule has 2 heterocycles. The summed E-state index contributed by atoms with van der Waals surface area (Å²) >= 11 is 2.11. The number of piperidine rings is 1. The fraction of sp³-hybridized carbons (Fsp3) is 1.00. The number of thioether (sulfide) groups is 1. The summed E-state index contributed by atoms with van der Waals surface area (Å²) in [6, 6.07) is 2.11. The van der Waals surface area contributed by atoms with Gasteiger partial charge in [0.15, 0.2) is 0 Å². The van der Waals surface area contributed by atoms with Crippen LogP contribution in [0.5, 0.6) is 0 Å². The number of hydrogen-bond donors (Lipinski definition) is 2. The molecule has 4 atom stereocenters. The van der Waals surface area contributed by atoms with E-state index in [1.165, 1.54) is 31.6 Å². The van der Waals surface area contributed by atoms with Gasteiger partial charge in [-0.1, -0.05) is 6.92 Å². The lowest BCUT2D eigenvalue weighted by Gasteiger charge is -2.34. The molecule has 0 saturated carbocycles. The Morgan fingerprint density at radius 2 is 2.07 bits per heavy atom. The molecule has 0 aliphatic carbocycles. The van der Waals surface area contributed by atoms with Crippen LogP contribution in [-0.2, 0) is 0 Å². The van der Waals surface area contributed by atoms with Crippen LogP contribution in [0.15, 0.2) is 0 Å². The third kappa shape index (κ3) is 2.44. The molecule has 2 aliphatic rings. The van der Waals surface area contributed by atoms with Crippen LogP contribution in [0.25, 0.3) is 0 Å². The van der Waals surface area contributed by atoms with E-state index in [4.69, 9.17) is 0 Å². The van der Waals surface area contributed by atoms with Crippen LogP contribution in [0, 0.1) is 0 Å². The predicted molar refractivity (Wildman–Crippen MR) is 63.9 cm³/mol. The Morgan fingerprint density at radius 1 is 1.21 bits per heavy atom. The van der Waals surface area contributed by atoms with E-state index in [2.05, 4.69) is 36.2 Å². The van der Waals surface area contributed by atoms with E-state index in [0.717, 1.165) is 11.3 Å². The van der Waals surface area contributed by atoms with Crippen LogP contribution >= 0.6 is 11.8 Å². The largest absolute Gasteiger partial charge is 0.313 e. The molecule has 0 bridgehead atoms. The van der Waals surface area contributed by atoms with E-state index >= 15 is 0 Å². The summed E-state index contributed by atoms with van der Waals surface area (Å²) in [4.78, 5) is 0. The van der Waals surface area contributed by atoms with Gasteiger partial charge in [-0.15, -0.1) is 0 Å². The van der Waals surface area contributed by atoms with Crippen LogP contribution in [0.4, 0.5) is 0 Å². The topological polar surface area (TPSA) is 24.1 Å². The highest BCUT2D eigenvalue weighted by Gasteiger charge is 2.29. The van der Waals surface area contributed by atoms with Gasteiger partial charge in [0.1, 0.15) is 0 Å². The molecule has 2 nitrogen and oxygen atoms in total. The minimum atomic E-state index is 0.654. The molecule has 2 N–H and O–H groups in total. The van der Waals surface area contributed by atoms with Crippen molar-refractivity contribution in [1.29, 1.82) is 0 Å². The highest BCUT2D eigenvalue weighted by Crippen LogP contribution is 2.27. The van der Waals surface area contributed by atoms with E-state index < -0.39 is 0 Å². The van der Waals surface area contributed by atoms with Crippen LogP contribution < -0.4 is 10.6 Å². The molecule has 3 heteroatoms. The van der Waals surface area contributed by atoms with Gasteiger partial charge in [0.2, 0.25) is 0 Å². The molecular formula is C11H22N2S. The molecule has 82 valence electrons. The summed E-state index contributed by atoms with van der Waals surface area (Å²) in [6.45, 7) is 5.87. The molecule has 0 radical (unpaired) electrons. The fourth-order valence-electron chi connectivity index (χ4n) is 2.50. The molecular weight excluding hydrogens is 192 g/mol. The number of rotatable bonds is 2. The lowest BCUT2D eigenvalue weighted by Crippen LogP contribution is -2.54. The Balaban J connectivity index is 1.83. The van der Waals surface area contributed by atoms with Gasteiger partial charge in [0.25, 0.3) is 0 Å². The van der Waals surface area contributed by atoms with Crippen molar-refractivity contribution >= 4 is 11.8 Å². The lowest BCUT2D eigenvalue weighted by atomic mass is 9.98. The highest BCUT2D eigenvalue weighted by molar-refractivity contribution is 8.00. The lowest BCUT2D eigenvalue weighted by molar-refractivity contribution is 0.290. The van der Waals surface area contributed by atoms with Crippen molar-refractivity contribution in [3.63, 3.8) is 0 Å². The zero-order valence-corrected chi connectivity index (χ0v) is 10.1. The summed E-state index contributed by atoms with van der Waals surface area (Å²) in [5.74, 6) is 1.34. The second-order valence-corrected chi connectivity index (χ2v) is 6.11. The molecule has 2 rings (SSSR count). The van der Waals surface area contributed by atoms with Gasteiger partial charge in [0.05, 0.1) is 0 Å². The van der Waals surface area contributed by atoms with Gasteiger partial charge in [-0.25, -0.2) is 0 Å². The molecule has 0 aromatic heterocycles. The molecule has 0 spiro atoms. The van der Waals surface area contributed by atoms with E-state index in [0.29, 0.717) is 12.1 Å². The van der Waals surface area contributed by atoms with Crippen molar-refractivity contribution in [1.82, 2.24) is 10.6 Å². The van der Waals surface area contributed by atoms with Gasteiger partial charge in [-0.05, 0) is 38.5 Å². The quantitative estimate of drug-likeness (QED) is 0.730. The summed E-state index contributed by atoms with van der Waals surface area (Å²) in [5.41, 5.74) is 0. The van der Waals surface area contributed by atoms with Crippen molar-refractivity contribution in [3.05, 3.63) is 0 Å². The smallest absolute Gasteiger partial charge is 0.0222 e. The highest BCUT2D eigenvalue weighted by atomic mass is 32.2. The monoisotopic (exact) mass is 214 g/mol. The first kappa shape index (κ1) is 10.8. The van der Waals surface area contributed by atoms with Crippen molar-refractivity contribution in [2.24, 2.45) is 0 Å². The fourth-order valence-corrected chi connectivity index (χ4v) is 3.71. The molecule has 2 fully saturated rings. The Hall–Kier alpha value is 0.270. The molecule has 0 aromatic rings. The molecule has 4 unspecified atom stereocenters. The van der Waals surface area contributed by atoms with Crippen LogP contribution in [0.3, 0.4) is 0 Å². The minimum absolute atomic E-state index is 0.654. The maximum absolute atomic E-state index is 3.83. The normalized spacial score (nSPS) is 44.1. The van der Waals surface area contributed by atoms with Crippen LogP contribution in [-0.4, -0.2) is 35.7 Å². The summed E-state index contributed by atoms with van der Waals surface area (Å²) in [5, 5.41) is 8.19. The van der Waals surface area contributed by atoms with Gasteiger partial charge >= 0.3 is 0 Å². The van der Waals surface area contributed by atoms with Crippen molar-refractivity contribution in [2.75, 3.05) is 12.3 Å². The first-order valence-corrected chi connectivity index (χ1v) is 6.93. The molecule has 2 aliphatic heterocycles. The standard InChI is InChI=1S/C11H22N2S/c1-8-10(4-3-6-12-8)13-11-5-7-14-9(11)2/h8-13H,3-7H2,1-2H3. The first-order chi connectivity index (χ1) is 6.77. The van der Waals surface area contributed by atoms with Gasteiger partial charge < -0.3 is 10.6 Å². The third-order valence-corrected chi connectivity index (χ3v) is 4.89. The minimum Gasteiger partial charge on any atom is -0.313 e. The Bertz CT molecular complexity index is 186. The predicted octanol–water partition coefficient (Wildman–Crippen LogP) is 1.61. The van der Waals surface area contributed by atoms with Crippen molar-refractivity contribution < 1.29 is 0 Å². The SMILES string of the molecule is CC1NCCCC1NC1CCSC1C. The summed E-state index contributed by atoms with van der Waals surface area (Å²) in [6.07, 6.45) is 4.04. The van der Waals surface area contributed by atoms with E-state index in [-0.39, 0.29) is 0 Å². The average molecular weight is 214 g/mol. The van der Waals surface area contributed by atoms with E-state index in [1.54, 1.807) is 0 Å². The zero-order valence-electron chi connectivity index (χ0n) is 9.25. The van der Waals surface area contributed by atoms with Crippen molar-refractivity contribution in [3.8, 4) is 0 Å². The second-order valence-electron chi connectivity index (χ2n) is 4.63. The Morgan fingerprint density at radius 3 is 2.71 bits per heavy atom. The second kappa shape index (κ2) is 4.86. The zero-order chi connectivity index (χ0) is 9.97. The van der Waals surface area contributed by atoms with Crippen LogP contribution in [0.1, 0.15) is 33.1 Å². The molecule has 14 heavy (non-hydrogen) atoms. The van der Waals surface area contributed by atoms with Crippen molar-refractivity contribution in [2.45, 2.75) is 56.5 Å². The average Bonchev–Trinajstić information content (AvgIpc) is 2.56. The maximum Gasteiger partial charge on any atom is 0.0222 e.